The standard InChI is InChI=1S/C23H27N5O/c1-3-8-20(16(4-2)15-24)29-21-11-7-9-17-12-13-18(25-22(17)21)23-19-10-5-6-14-28(19)27-26-23/h5-7,9-14,16,20H,3-4,8,15,24H2,1-2H3/t16-,20?/m1/s1. The van der Waals surface area contributed by atoms with Gasteiger partial charge in [0.1, 0.15) is 23.1 Å². The van der Waals surface area contributed by atoms with Gasteiger partial charge in [-0.05, 0) is 43.7 Å². The number of pyridine rings is 2. The first-order chi connectivity index (χ1) is 14.2. The van der Waals surface area contributed by atoms with Gasteiger partial charge in [-0.2, -0.15) is 0 Å². The van der Waals surface area contributed by atoms with Gasteiger partial charge in [0.25, 0.3) is 0 Å². The second kappa shape index (κ2) is 8.57. The lowest BCUT2D eigenvalue weighted by atomic mass is 9.96. The average Bonchev–Trinajstić information content (AvgIpc) is 3.19. The van der Waals surface area contributed by atoms with Crippen LogP contribution >= 0.6 is 0 Å². The number of benzene rings is 1. The first-order valence-corrected chi connectivity index (χ1v) is 10.3. The van der Waals surface area contributed by atoms with Gasteiger partial charge in [-0.15, -0.1) is 5.10 Å². The lowest BCUT2D eigenvalue weighted by Gasteiger charge is -2.26. The molecule has 0 aliphatic carbocycles. The van der Waals surface area contributed by atoms with Gasteiger partial charge in [0.05, 0.1) is 11.2 Å². The first-order valence-electron chi connectivity index (χ1n) is 10.3. The molecule has 150 valence electrons. The van der Waals surface area contributed by atoms with Gasteiger partial charge >= 0.3 is 0 Å². The van der Waals surface area contributed by atoms with Crippen LogP contribution in [0.3, 0.4) is 0 Å². The maximum absolute atomic E-state index is 6.49. The number of para-hydroxylation sites is 1. The Hall–Kier alpha value is -2.99. The molecule has 4 aromatic rings. The number of hydrogen-bond donors (Lipinski definition) is 1. The first kappa shape index (κ1) is 19.3. The zero-order chi connectivity index (χ0) is 20.2. The summed E-state index contributed by atoms with van der Waals surface area (Å²) < 4.78 is 8.25. The molecule has 1 aromatic carbocycles. The number of nitrogens with zero attached hydrogens (tertiary/aromatic N) is 4. The number of ether oxygens (including phenoxy) is 1. The van der Waals surface area contributed by atoms with Crippen LogP contribution in [0.15, 0.2) is 54.7 Å². The molecule has 4 rings (SSSR count). The van der Waals surface area contributed by atoms with Gasteiger partial charge in [-0.25, -0.2) is 9.50 Å². The smallest absolute Gasteiger partial charge is 0.145 e. The molecule has 29 heavy (non-hydrogen) atoms. The van der Waals surface area contributed by atoms with E-state index in [-0.39, 0.29) is 6.10 Å². The molecule has 0 amide bonds. The summed E-state index contributed by atoms with van der Waals surface area (Å²) in [7, 11) is 0. The normalized spacial score (nSPS) is 13.6. The minimum Gasteiger partial charge on any atom is -0.488 e. The van der Waals surface area contributed by atoms with Crippen molar-refractivity contribution in [1.29, 1.82) is 0 Å². The van der Waals surface area contributed by atoms with Crippen LogP contribution in [0.2, 0.25) is 0 Å². The zero-order valence-corrected chi connectivity index (χ0v) is 17.0. The summed E-state index contributed by atoms with van der Waals surface area (Å²) >= 11 is 0. The highest BCUT2D eigenvalue weighted by molar-refractivity contribution is 5.88. The molecular weight excluding hydrogens is 362 g/mol. The van der Waals surface area contributed by atoms with Crippen LogP contribution in [0, 0.1) is 5.92 Å². The van der Waals surface area contributed by atoms with Crippen LogP contribution in [0.5, 0.6) is 5.75 Å². The van der Waals surface area contributed by atoms with Crippen molar-refractivity contribution in [2.45, 2.75) is 39.2 Å². The van der Waals surface area contributed by atoms with Crippen molar-refractivity contribution in [1.82, 2.24) is 19.8 Å². The van der Waals surface area contributed by atoms with E-state index in [2.05, 4.69) is 36.3 Å². The van der Waals surface area contributed by atoms with Crippen LogP contribution in [0.4, 0.5) is 0 Å². The number of aromatic nitrogens is 4. The van der Waals surface area contributed by atoms with Crippen LogP contribution in [-0.4, -0.2) is 32.5 Å². The van der Waals surface area contributed by atoms with Gasteiger partial charge in [-0.1, -0.05) is 49.7 Å². The molecule has 0 bridgehead atoms. The summed E-state index contributed by atoms with van der Waals surface area (Å²) in [5, 5.41) is 9.58. The maximum atomic E-state index is 6.49. The number of hydrogen-bond acceptors (Lipinski definition) is 5. The third-order valence-corrected chi connectivity index (χ3v) is 5.45. The molecule has 0 saturated carbocycles. The number of rotatable bonds is 8. The second-order valence-corrected chi connectivity index (χ2v) is 7.34. The molecular formula is C23H27N5O. The summed E-state index contributed by atoms with van der Waals surface area (Å²) in [6, 6.07) is 16.0. The number of fused-ring (bicyclic) bond motifs is 2. The monoisotopic (exact) mass is 389 g/mol. The fourth-order valence-electron chi connectivity index (χ4n) is 3.79. The van der Waals surface area contributed by atoms with E-state index in [0.717, 1.165) is 52.8 Å². The van der Waals surface area contributed by atoms with Gasteiger partial charge in [0.2, 0.25) is 0 Å². The minimum absolute atomic E-state index is 0.0844. The Morgan fingerprint density at radius 1 is 1.07 bits per heavy atom. The summed E-state index contributed by atoms with van der Waals surface area (Å²) in [4.78, 5) is 4.92. The SMILES string of the molecule is CCCC(Oc1cccc2ccc(-c3nnn4ccccc34)nc12)[C@H](CC)CN. The highest BCUT2D eigenvalue weighted by Crippen LogP contribution is 2.30. The van der Waals surface area contributed by atoms with Crippen LogP contribution in [0.25, 0.3) is 27.8 Å². The van der Waals surface area contributed by atoms with Crippen molar-refractivity contribution in [2.24, 2.45) is 11.7 Å². The Bertz CT molecular complexity index is 1100. The summed E-state index contributed by atoms with van der Waals surface area (Å²) in [5.74, 6) is 1.13. The molecule has 3 aromatic heterocycles. The van der Waals surface area contributed by atoms with E-state index in [1.807, 2.05) is 42.6 Å². The Balaban J connectivity index is 1.76. The highest BCUT2D eigenvalue weighted by Gasteiger charge is 2.21. The fraction of sp³-hybridized carbons (Fsp3) is 0.348. The Morgan fingerprint density at radius 3 is 2.76 bits per heavy atom. The summed E-state index contributed by atoms with van der Waals surface area (Å²) in [6.07, 6.45) is 4.99. The molecule has 6 nitrogen and oxygen atoms in total. The largest absolute Gasteiger partial charge is 0.488 e. The Morgan fingerprint density at radius 2 is 1.97 bits per heavy atom. The Kier molecular flexibility index (Phi) is 5.71. The maximum Gasteiger partial charge on any atom is 0.145 e. The molecule has 6 heteroatoms. The predicted molar refractivity (Wildman–Crippen MR) is 116 cm³/mol. The molecule has 0 fully saturated rings. The van der Waals surface area contributed by atoms with E-state index >= 15 is 0 Å². The summed E-state index contributed by atoms with van der Waals surface area (Å²) in [5.41, 5.74) is 9.33. The Labute approximate surface area is 170 Å². The van der Waals surface area contributed by atoms with Crippen LogP contribution < -0.4 is 10.5 Å². The van der Waals surface area contributed by atoms with Crippen LogP contribution in [0.1, 0.15) is 33.1 Å². The summed E-state index contributed by atoms with van der Waals surface area (Å²) in [6.45, 7) is 4.96. The van der Waals surface area contributed by atoms with Crippen molar-refractivity contribution in [2.75, 3.05) is 6.54 Å². The van der Waals surface area contributed by atoms with E-state index in [4.69, 9.17) is 15.5 Å². The minimum atomic E-state index is 0.0844. The molecule has 0 spiro atoms. The predicted octanol–water partition coefficient (Wildman–Crippen LogP) is 4.48. The van der Waals surface area contributed by atoms with Crippen molar-refractivity contribution < 1.29 is 4.74 Å². The fourth-order valence-corrected chi connectivity index (χ4v) is 3.79. The molecule has 0 aliphatic rings. The molecule has 0 saturated heterocycles. The lowest BCUT2D eigenvalue weighted by Crippen LogP contribution is -2.32. The van der Waals surface area contributed by atoms with Gasteiger partial charge in [-0.3, -0.25) is 0 Å². The van der Waals surface area contributed by atoms with Gasteiger partial charge in [0.15, 0.2) is 0 Å². The van der Waals surface area contributed by atoms with E-state index < -0.39 is 0 Å². The number of nitrogens with two attached hydrogens (primary N) is 1. The van der Waals surface area contributed by atoms with E-state index in [1.54, 1.807) is 4.52 Å². The average molecular weight is 390 g/mol. The zero-order valence-electron chi connectivity index (χ0n) is 17.0. The van der Waals surface area contributed by atoms with Crippen molar-refractivity contribution in [3.8, 4) is 17.1 Å². The van der Waals surface area contributed by atoms with E-state index in [1.165, 1.54) is 0 Å². The van der Waals surface area contributed by atoms with E-state index in [0.29, 0.717) is 12.5 Å². The molecule has 0 radical (unpaired) electrons. The molecule has 1 unspecified atom stereocenters. The van der Waals surface area contributed by atoms with Crippen molar-refractivity contribution >= 4 is 16.4 Å². The molecule has 0 aliphatic heterocycles. The highest BCUT2D eigenvalue weighted by atomic mass is 16.5. The van der Waals surface area contributed by atoms with Gasteiger partial charge < -0.3 is 10.5 Å². The lowest BCUT2D eigenvalue weighted by molar-refractivity contribution is 0.126. The van der Waals surface area contributed by atoms with Crippen molar-refractivity contribution in [3.63, 3.8) is 0 Å². The topological polar surface area (TPSA) is 78.3 Å². The van der Waals surface area contributed by atoms with Gasteiger partial charge in [0, 0.05) is 17.5 Å². The third-order valence-electron chi connectivity index (χ3n) is 5.45. The quantitative estimate of drug-likeness (QED) is 0.481. The third kappa shape index (κ3) is 3.80. The van der Waals surface area contributed by atoms with E-state index in [9.17, 15) is 0 Å². The molecule has 3 heterocycles. The molecule has 2 N–H and O–H groups in total. The van der Waals surface area contributed by atoms with Crippen molar-refractivity contribution in [3.05, 3.63) is 54.7 Å². The second-order valence-electron chi connectivity index (χ2n) is 7.34. The molecule has 2 atom stereocenters. The van der Waals surface area contributed by atoms with Crippen LogP contribution in [-0.2, 0) is 0 Å².